The molecule has 0 unspecified atom stereocenters. The van der Waals surface area contributed by atoms with E-state index in [4.69, 9.17) is 4.74 Å². The highest BCUT2D eigenvalue weighted by Crippen LogP contribution is 2.41. The molecule has 2 aliphatic heterocycles. The molecule has 3 aromatic rings. The molecule has 34 heavy (non-hydrogen) atoms. The topological polar surface area (TPSA) is 93.5 Å². The van der Waals surface area contributed by atoms with Crippen molar-refractivity contribution in [1.29, 1.82) is 0 Å². The minimum atomic E-state index is -0.155. The van der Waals surface area contributed by atoms with Crippen LogP contribution in [-0.4, -0.2) is 67.5 Å². The predicted molar refractivity (Wildman–Crippen MR) is 125 cm³/mol. The van der Waals surface area contributed by atoms with Gasteiger partial charge < -0.3 is 9.64 Å². The molecule has 1 aromatic carbocycles. The van der Waals surface area contributed by atoms with Crippen LogP contribution in [0.15, 0.2) is 55.2 Å². The molecule has 2 aromatic heterocycles. The van der Waals surface area contributed by atoms with Crippen molar-refractivity contribution in [1.82, 2.24) is 29.5 Å². The Balaban J connectivity index is 1.15. The van der Waals surface area contributed by atoms with Gasteiger partial charge in [-0.15, -0.1) is 0 Å². The molecule has 5 rings (SSSR count). The van der Waals surface area contributed by atoms with Gasteiger partial charge >= 0.3 is 6.03 Å². The average Bonchev–Trinajstić information content (AvgIpc) is 3.48. The van der Waals surface area contributed by atoms with Gasteiger partial charge in [-0.3, -0.25) is 9.69 Å². The zero-order valence-electron chi connectivity index (χ0n) is 19.3. The Morgan fingerprint density at radius 3 is 2.53 bits per heavy atom. The molecule has 0 N–H and O–H groups in total. The Hall–Kier alpha value is -3.59. The van der Waals surface area contributed by atoms with Gasteiger partial charge in [0.15, 0.2) is 11.5 Å². The number of ketones is 1. The first-order valence-electron chi connectivity index (χ1n) is 11.6. The van der Waals surface area contributed by atoms with Crippen molar-refractivity contribution in [2.45, 2.75) is 32.7 Å². The van der Waals surface area contributed by atoms with Gasteiger partial charge in [-0.2, -0.15) is 9.78 Å². The molecule has 2 fully saturated rings. The Morgan fingerprint density at radius 1 is 1.03 bits per heavy atom. The summed E-state index contributed by atoms with van der Waals surface area (Å²) < 4.78 is 7.16. The largest absolute Gasteiger partial charge is 0.454 e. The molecular formula is C25H28N6O3. The minimum Gasteiger partial charge on any atom is -0.454 e. The maximum absolute atomic E-state index is 12.8. The third-order valence-corrected chi connectivity index (χ3v) is 6.83. The molecule has 9 heteroatoms. The van der Waals surface area contributed by atoms with Crippen LogP contribution in [0.4, 0.5) is 4.79 Å². The second-order valence-corrected chi connectivity index (χ2v) is 9.26. The number of likely N-dealkylation sites (tertiary alicyclic amines) is 2. The average molecular weight is 461 g/mol. The first kappa shape index (κ1) is 22.2. The number of hydrogen-bond donors (Lipinski definition) is 0. The molecule has 2 aliphatic rings. The summed E-state index contributed by atoms with van der Waals surface area (Å²) in [7, 11) is 0. The van der Waals surface area contributed by atoms with Crippen molar-refractivity contribution in [3.05, 3.63) is 66.5 Å². The molecule has 1 amide bonds. The summed E-state index contributed by atoms with van der Waals surface area (Å²) in [6, 6.07) is 9.58. The molecular weight excluding hydrogens is 432 g/mol. The lowest BCUT2D eigenvalue weighted by molar-refractivity contribution is 0.101. The first-order valence-corrected chi connectivity index (χ1v) is 11.6. The standard InChI is InChI=1S/C25H28N6O3/c1-19(32)23-5-9-31(28-23)24(33)30-11-7-25(8-12-30)6-10-29(17-25)16-20-3-2-4-21(13-20)34-22-14-26-18-27-15-22/h2-5,9,13-15,18H,6-8,10-12,16-17H2,1H3. The van der Waals surface area contributed by atoms with Gasteiger partial charge in [0, 0.05) is 39.3 Å². The maximum atomic E-state index is 12.8. The fourth-order valence-electron chi connectivity index (χ4n) is 4.95. The number of piperidine rings is 1. The number of nitrogens with zero attached hydrogens (tertiary/aromatic N) is 6. The van der Waals surface area contributed by atoms with E-state index in [9.17, 15) is 9.59 Å². The van der Waals surface area contributed by atoms with Crippen molar-refractivity contribution in [2.24, 2.45) is 5.41 Å². The van der Waals surface area contributed by atoms with Crippen LogP contribution in [0.3, 0.4) is 0 Å². The lowest BCUT2D eigenvalue weighted by Crippen LogP contribution is -2.45. The van der Waals surface area contributed by atoms with Crippen LogP contribution in [-0.2, 0) is 6.54 Å². The van der Waals surface area contributed by atoms with Crippen LogP contribution >= 0.6 is 0 Å². The summed E-state index contributed by atoms with van der Waals surface area (Å²) >= 11 is 0. The van der Waals surface area contributed by atoms with Gasteiger partial charge in [0.2, 0.25) is 0 Å². The fourth-order valence-corrected chi connectivity index (χ4v) is 4.95. The van der Waals surface area contributed by atoms with Crippen LogP contribution in [0.25, 0.3) is 0 Å². The number of aromatic nitrogens is 4. The summed E-state index contributed by atoms with van der Waals surface area (Å²) in [5.41, 5.74) is 1.78. The minimum absolute atomic E-state index is 0.138. The van der Waals surface area contributed by atoms with E-state index in [1.165, 1.54) is 23.5 Å². The van der Waals surface area contributed by atoms with Crippen LogP contribution in [0.1, 0.15) is 42.2 Å². The Labute approximate surface area is 198 Å². The third-order valence-electron chi connectivity index (χ3n) is 6.83. The lowest BCUT2D eigenvalue weighted by atomic mass is 9.78. The van der Waals surface area contributed by atoms with Gasteiger partial charge in [-0.1, -0.05) is 12.1 Å². The van der Waals surface area contributed by atoms with Crippen molar-refractivity contribution < 1.29 is 14.3 Å². The summed E-state index contributed by atoms with van der Waals surface area (Å²) in [6.45, 7) is 5.83. The van der Waals surface area contributed by atoms with Gasteiger partial charge in [0.1, 0.15) is 17.8 Å². The van der Waals surface area contributed by atoms with Crippen LogP contribution in [0.5, 0.6) is 11.5 Å². The van der Waals surface area contributed by atoms with Gasteiger partial charge in [-0.25, -0.2) is 14.8 Å². The van der Waals surface area contributed by atoms with E-state index in [0.29, 0.717) is 24.5 Å². The number of carbonyl (C=O) groups excluding carboxylic acids is 2. The SMILES string of the molecule is CC(=O)c1ccn(C(=O)N2CCC3(CCN(Cc4cccc(Oc5cncnc5)c4)C3)CC2)n1. The third kappa shape index (κ3) is 4.84. The Bertz CT molecular complexity index is 1170. The molecule has 1 spiro atoms. The van der Waals surface area contributed by atoms with Gasteiger partial charge in [0.05, 0.1) is 12.4 Å². The fraction of sp³-hybridized carbons (Fsp3) is 0.400. The number of carbonyl (C=O) groups is 2. The number of Topliss-reactive ketones (excluding diaryl/α,β-unsaturated/α-hetero) is 1. The van der Waals surface area contributed by atoms with Crippen LogP contribution < -0.4 is 4.74 Å². The van der Waals surface area contributed by atoms with Crippen LogP contribution in [0.2, 0.25) is 0 Å². The highest BCUT2D eigenvalue weighted by molar-refractivity contribution is 5.92. The molecule has 2 saturated heterocycles. The molecule has 0 atom stereocenters. The van der Waals surface area contributed by atoms with Crippen molar-refractivity contribution >= 4 is 11.8 Å². The van der Waals surface area contributed by atoms with E-state index in [1.54, 1.807) is 24.7 Å². The molecule has 176 valence electrons. The van der Waals surface area contributed by atoms with E-state index >= 15 is 0 Å². The van der Waals surface area contributed by atoms with Gasteiger partial charge in [-0.05, 0) is 55.0 Å². The summed E-state index contributed by atoms with van der Waals surface area (Å²) in [5.74, 6) is 1.26. The highest BCUT2D eigenvalue weighted by Gasteiger charge is 2.41. The number of rotatable bonds is 5. The first-order chi connectivity index (χ1) is 16.5. The normalized spacial score (nSPS) is 17.7. The van der Waals surface area contributed by atoms with Crippen molar-refractivity contribution in [3.63, 3.8) is 0 Å². The zero-order valence-corrected chi connectivity index (χ0v) is 19.3. The number of ether oxygens (including phenoxy) is 1. The smallest absolute Gasteiger partial charge is 0.344 e. The van der Waals surface area contributed by atoms with Crippen molar-refractivity contribution in [3.8, 4) is 11.5 Å². The molecule has 0 aliphatic carbocycles. The Kier molecular flexibility index (Phi) is 6.10. The monoisotopic (exact) mass is 460 g/mol. The second kappa shape index (κ2) is 9.34. The van der Waals surface area contributed by atoms with Crippen molar-refractivity contribution in [2.75, 3.05) is 26.2 Å². The predicted octanol–water partition coefficient (Wildman–Crippen LogP) is 3.62. The second-order valence-electron chi connectivity index (χ2n) is 9.26. The van der Waals surface area contributed by atoms with E-state index in [0.717, 1.165) is 44.6 Å². The zero-order chi connectivity index (χ0) is 23.5. The maximum Gasteiger partial charge on any atom is 0.344 e. The lowest BCUT2D eigenvalue weighted by Gasteiger charge is -2.39. The Morgan fingerprint density at radius 2 is 1.79 bits per heavy atom. The molecule has 0 saturated carbocycles. The van der Waals surface area contributed by atoms with E-state index in [1.807, 2.05) is 17.0 Å². The summed E-state index contributed by atoms with van der Waals surface area (Å²) in [4.78, 5) is 36.6. The number of benzene rings is 1. The molecule has 0 bridgehead atoms. The molecule has 4 heterocycles. The molecule has 0 radical (unpaired) electrons. The van der Waals surface area contributed by atoms with E-state index < -0.39 is 0 Å². The summed E-state index contributed by atoms with van der Waals surface area (Å²) in [5, 5.41) is 4.12. The summed E-state index contributed by atoms with van der Waals surface area (Å²) in [6.07, 6.45) is 9.45. The molecule has 9 nitrogen and oxygen atoms in total. The number of hydrogen-bond acceptors (Lipinski definition) is 7. The quantitative estimate of drug-likeness (QED) is 0.537. The van der Waals surface area contributed by atoms with Gasteiger partial charge in [0.25, 0.3) is 0 Å². The highest BCUT2D eigenvalue weighted by atomic mass is 16.5. The van der Waals surface area contributed by atoms with E-state index in [-0.39, 0.29) is 17.2 Å². The number of amides is 1. The van der Waals surface area contributed by atoms with Crippen LogP contribution in [0, 0.1) is 5.41 Å². The van der Waals surface area contributed by atoms with E-state index in [2.05, 4.69) is 32.1 Å².